The molecule has 5 nitrogen and oxygen atoms in total. The number of hydrogen-bond donors (Lipinski definition) is 3. The third-order valence-corrected chi connectivity index (χ3v) is 2.75. The first-order valence-corrected chi connectivity index (χ1v) is 5.30. The Bertz CT molecular complexity index is 322. The van der Waals surface area contributed by atoms with Crippen LogP contribution in [0.25, 0.3) is 0 Å². The Hall–Kier alpha value is -1.36. The number of rotatable bonds is 3. The molecule has 0 saturated carbocycles. The minimum Gasteiger partial charge on any atom is -0.353 e. The Morgan fingerprint density at radius 1 is 1.60 bits per heavy atom. The molecule has 0 spiro atoms. The van der Waals surface area contributed by atoms with E-state index in [-0.39, 0.29) is 11.9 Å². The van der Waals surface area contributed by atoms with Crippen LogP contribution in [0.2, 0.25) is 0 Å². The van der Waals surface area contributed by atoms with E-state index < -0.39 is 0 Å². The SMILES string of the molecule is CCC1CNC(=O)[C@H](Cc2cnc[nH]2)N1. The number of H-pyrrole nitrogens is 1. The summed E-state index contributed by atoms with van der Waals surface area (Å²) in [5.74, 6) is 0.0781. The molecule has 1 unspecified atom stereocenters. The predicted molar refractivity (Wildman–Crippen MR) is 56.3 cm³/mol. The number of nitrogens with one attached hydrogen (secondary N) is 3. The highest BCUT2D eigenvalue weighted by molar-refractivity contribution is 5.82. The lowest BCUT2D eigenvalue weighted by Gasteiger charge is -2.30. The van der Waals surface area contributed by atoms with Crippen LogP contribution in [0, 0.1) is 0 Å². The van der Waals surface area contributed by atoms with Gasteiger partial charge in [-0.1, -0.05) is 6.92 Å². The van der Waals surface area contributed by atoms with Gasteiger partial charge >= 0.3 is 0 Å². The van der Waals surface area contributed by atoms with E-state index in [0.717, 1.165) is 18.7 Å². The van der Waals surface area contributed by atoms with E-state index in [1.165, 1.54) is 0 Å². The molecule has 3 N–H and O–H groups in total. The lowest BCUT2D eigenvalue weighted by Crippen LogP contribution is -2.58. The first-order valence-electron chi connectivity index (χ1n) is 5.30. The molecule has 0 aliphatic carbocycles. The highest BCUT2D eigenvalue weighted by atomic mass is 16.2. The van der Waals surface area contributed by atoms with Crippen molar-refractivity contribution in [3.63, 3.8) is 0 Å². The van der Waals surface area contributed by atoms with E-state index in [4.69, 9.17) is 0 Å². The zero-order valence-corrected chi connectivity index (χ0v) is 8.79. The van der Waals surface area contributed by atoms with Gasteiger partial charge in [-0.2, -0.15) is 0 Å². The van der Waals surface area contributed by atoms with Gasteiger partial charge in [-0.05, 0) is 6.42 Å². The monoisotopic (exact) mass is 208 g/mol. The molecule has 0 radical (unpaired) electrons. The van der Waals surface area contributed by atoms with E-state index in [1.54, 1.807) is 12.5 Å². The Kier molecular flexibility index (Phi) is 3.01. The molecule has 2 heterocycles. The van der Waals surface area contributed by atoms with Gasteiger partial charge in [-0.3, -0.25) is 4.79 Å². The van der Waals surface area contributed by atoms with Crippen LogP contribution in [0.4, 0.5) is 0 Å². The normalized spacial score (nSPS) is 26.3. The first kappa shape index (κ1) is 10.2. The lowest BCUT2D eigenvalue weighted by atomic mass is 10.1. The average Bonchev–Trinajstić information content (AvgIpc) is 2.74. The van der Waals surface area contributed by atoms with Crippen LogP contribution in [0.15, 0.2) is 12.5 Å². The zero-order valence-electron chi connectivity index (χ0n) is 8.79. The van der Waals surface area contributed by atoms with Crippen molar-refractivity contribution in [1.29, 1.82) is 0 Å². The van der Waals surface area contributed by atoms with E-state index in [2.05, 4.69) is 27.5 Å². The molecule has 2 rings (SSSR count). The summed E-state index contributed by atoms with van der Waals surface area (Å²) in [5, 5.41) is 6.24. The maximum atomic E-state index is 11.6. The fraction of sp³-hybridized carbons (Fsp3) is 0.600. The Labute approximate surface area is 88.7 Å². The van der Waals surface area contributed by atoms with Crippen LogP contribution < -0.4 is 10.6 Å². The predicted octanol–water partition coefficient (Wildman–Crippen LogP) is -0.181. The van der Waals surface area contributed by atoms with Crippen molar-refractivity contribution in [2.45, 2.75) is 31.8 Å². The van der Waals surface area contributed by atoms with Gasteiger partial charge < -0.3 is 15.6 Å². The largest absolute Gasteiger partial charge is 0.353 e. The van der Waals surface area contributed by atoms with E-state index in [1.807, 2.05) is 0 Å². The number of aromatic amines is 1. The van der Waals surface area contributed by atoms with Gasteiger partial charge in [0.05, 0.1) is 12.4 Å². The number of carbonyl (C=O) groups excluding carboxylic acids is 1. The van der Waals surface area contributed by atoms with Gasteiger partial charge in [0.25, 0.3) is 0 Å². The maximum Gasteiger partial charge on any atom is 0.237 e. The number of carbonyl (C=O) groups is 1. The molecule has 5 heteroatoms. The molecule has 0 bridgehead atoms. The summed E-state index contributed by atoms with van der Waals surface area (Å²) in [6.45, 7) is 2.84. The van der Waals surface area contributed by atoms with Gasteiger partial charge in [0.1, 0.15) is 0 Å². The summed E-state index contributed by atoms with van der Waals surface area (Å²) >= 11 is 0. The molecule has 1 aliphatic heterocycles. The number of aromatic nitrogens is 2. The van der Waals surface area contributed by atoms with Crippen LogP contribution >= 0.6 is 0 Å². The molecule has 1 amide bonds. The van der Waals surface area contributed by atoms with Crippen molar-refractivity contribution < 1.29 is 4.79 Å². The second kappa shape index (κ2) is 4.44. The fourth-order valence-corrected chi connectivity index (χ4v) is 1.80. The second-order valence-electron chi connectivity index (χ2n) is 3.85. The van der Waals surface area contributed by atoms with Crippen LogP contribution in [0.5, 0.6) is 0 Å². The van der Waals surface area contributed by atoms with Crippen molar-refractivity contribution in [1.82, 2.24) is 20.6 Å². The van der Waals surface area contributed by atoms with E-state index >= 15 is 0 Å². The van der Waals surface area contributed by atoms with Crippen LogP contribution in [0.3, 0.4) is 0 Å². The number of imidazole rings is 1. The summed E-state index contributed by atoms with van der Waals surface area (Å²) < 4.78 is 0. The molecule has 1 aromatic heterocycles. The average molecular weight is 208 g/mol. The molecule has 82 valence electrons. The standard InChI is InChI=1S/C10H16N4O/c1-2-7-5-12-10(15)9(14-7)3-8-4-11-6-13-8/h4,6-7,9,14H,2-3,5H2,1H3,(H,11,13)(H,12,15)/t7?,9-/m0/s1. The number of piperazine rings is 1. The van der Waals surface area contributed by atoms with Crippen LogP contribution in [0.1, 0.15) is 19.0 Å². The summed E-state index contributed by atoms with van der Waals surface area (Å²) in [5.41, 5.74) is 0.986. The number of hydrogen-bond acceptors (Lipinski definition) is 3. The Morgan fingerprint density at radius 2 is 2.47 bits per heavy atom. The number of nitrogens with zero attached hydrogens (tertiary/aromatic N) is 1. The van der Waals surface area contributed by atoms with Crippen molar-refractivity contribution in [2.75, 3.05) is 6.54 Å². The van der Waals surface area contributed by atoms with Gasteiger partial charge in [0, 0.05) is 30.9 Å². The minimum absolute atomic E-state index is 0.0781. The van der Waals surface area contributed by atoms with Crippen molar-refractivity contribution >= 4 is 5.91 Å². The topological polar surface area (TPSA) is 69.8 Å². The third-order valence-electron chi connectivity index (χ3n) is 2.75. The molecule has 1 aromatic rings. The summed E-state index contributed by atoms with van der Waals surface area (Å²) in [7, 11) is 0. The molecule has 1 saturated heterocycles. The molecular formula is C10H16N4O. The van der Waals surface area contributed by atoms with E-state index in [9.17, 15) is 4.79 Å². The summed E-state index contributed by atoms with van der Waals surface area (Å²) in [6, 6.07) is 0.250. The summed E-state index contributed by atoms with van der Waals surface area (Å²) in [6.07, 6.45) is 5.08. The highest BCUT2D eigenvalue weighted by Gasteiger charge is 2.26. The fourth-order valence-electron chi connectivity index (χ4n) is 1.80. The van der Waals surface area contributed by atoms with Gasteiger partial charge in [-0.25, -0.2) is 4.98 Å². The van der Waals surface area contributed by atoms with Gasteiger partial charge in [0.2, 0.25) is 5.91 Å². The number of amides is 1. The van der Waals surface area contributed by atoms with Crippen molar-refractivity contribution in [3.05, 3.63) is 18.2 Å². The van der Waals surface area contributed by atoms with Crippen LogP contribution in [-0.2, 0) is 11.2 Å². The highest BCUT2D eigenvalue weighted by Crippen LogP contribution is 2.05. The molecule has 2 atom stereocenters. The Morgan fingerprint density at radius 3 is 3.13 bits per heavy atom. The summed E-state index contributed by atoms with van der Waals surface area (Å²) in [4.78, 5) is 18.5. The lowest BCUT2D eigenvalue weighted by molar-refractivity contribution is -0.125. The second-order valence-corrected chi connectivity index (χ2v) is 3.85. The van der Waals surface area contributed by atoms with Crippen LogP contribution in [-0.4, -0.2) is 34.5 Å². The zero-order chi connectivity index (χ0) is 10.7. The first-order chi connectivity index (χ1) is 7.29. The Balaban J connectivity index is 1.97. The van der Waals surface area contributed by atoms with Crippen molar-refractivity contribution in [3.8, 4) is 0 Å². The quantitative estimate of drug-likeness (QED) is 0.645. The molecule has 15 heavy (non-hydrogen) atoms. The molecule has 1 aliphatic rings. The van der Waals surface area contributed by atoms with E-state index in [0.29, 0.717) is 12.5 Å². The third kappa shape index (κ3) is 2.36. The van der Waals surface area contributed by atoms with Gasteiger partial charge in [0.15, 0.2) is 0 Å². The maximum absolute atomic E-state index is 11.6. The molecular weight excluding hydrogens is 192 g/mol. The van der Waals surface area contributed by atoms with Gasteiger partial charge in [-0.15, -0.1) is 0 Å². The minimum atomic E-state index is -0.135. The smallest absolute Gasteiger partial charge is 0.237 e. The van der Waals surface area contributed by atoms with Crippen molar-refractivity contribution in [2.24, 2.45) is 0 Å². The molecule has 0 aromatic carbocycles. The molecule has 1 fully saturated rings.